The van der Waals surface area contributed by atoms with Gasteiger partial charge >= 0.3 is 0 Å². The highest BCUT2D eigenvalue weighted by atomic mass is 16.8. The minimum Gasteiger partial charge on any atom is -0.370 e. The number of hydrogen-bond acceptors (Lipinski definition) is 7. The Balaban J connectivity index is 2.31. The van der Waals surface area contributed by atoms with Crippen LogP contribution in [-0.4, -0.2) is 47.4 Å². The number of hydrogen-bond donors (Lipinski definition) is 4. The third-order valence-corrected chi connectivity index (χ3v) is 6.14. The summed E-state index contributed by atoms with van der Waals surface area (Å²) < 4.78 is 7.73. The van der Waals surface area contributed by atoms with E-state index in [1.807, 2.05) is 52.8 Å². The minimum absolute atomic E-state index is 0.104. The molecule has 3 unspecified atom stereocenters. The van der Waals surface area contributed by atoms with Gasteiger partial charge in [-0.15, -0.1) is 0 Å². The Labute approximate surface area is 212 Å². The van der Waals surface area contributed by atoms with Gasteiger partial charge in [-0.2, -0.15) is 0 Å². The van der Waals surface area contributed by atoms with Crippen LogP contribution < -0.4 is 21.8 Å². The van der Waals surface area contributed by atoms with Crippen molar-refractivity contribution in [3.05, 3.63) is 46.2 Å². The molecule has 2 amide bonds. The molecule has 0 saturated heterocycles. The largest absolute Gasteiger partial charge is 0.370 e. The molecule has 0 aliphatic carbocycles. The van der Waals surface area contributed by atoms with E-state index < -0.39 is 23.5 Å². The van der Waals surface area contributed by atoms with Crippen molar-refractivity contribution in [3.63, 3.8) is 0 Å². The van der Waals surface area contributed by atoms with Gasteiger partial charge in [0.05, 0.1) is 30.8 Å². The third-order valence-electron chi connectivity index (χ3n) is 6.14. The molecule has 0 bridgehead atoms. The first kappa shape index (κ1) is 29.4. The number of amides is 2. The lowest BCUT2D eigenvalue weighted by Crippen LogP contribution is -2.55. The van der Waals surface area contributed by atoms with Gasteiger partial charge in [0, 0.05) is 20.2 Å². The summed E-state index contributed by atoms with van der Waals surface area (Å²) in [5.74, 6) is -1.12. The molecule has 36 heavy (non-hydrogen) atoms. The van der Waals surface area contributed by atoms with Crippen LogP contribution >= 0.6 is 0 Å². The highest BCUT2D eigenvalue weighted by Gasteiger charge is 2.37. The Bertz CT molecular complexity index is 1090. The number of aromatic nitrogens is 1. The molecule has 0 radical (unpaired) electrons. The topological polar surface area (TPSA) is 131 Å². The number of ether oxygens (including phenoxy) is 1. The zero-order valence-electron chi connectivity index (χ0n) is 22.3. The van der Waals surface area contributed by atoms with E-state index in [0.717, 1.165) is 16.5 Å². The van der Waals surface area contributed by atoms with Gasteiger partial charge < -0.3 is 19.9 Å². The molecule has 4 N–H and O–H groups in total. The zero-order valence-corrected chi connectivity index (χ0v) is 22.3. The fourth-order valence-electron chi connectivity index (χ4n) is 4.11. The quantitative estimate of drug-likeness (QED) is 0.326. The average molecular weight is 505 g/mol. The van der Waals surface area contributed by atoms with Crippen LogP contribution in [-0.2, 0) is 32.8 Å². The lowest BCUT2D eigenvalue weighted by molar-refractivity contribution is -0.170. The van der Waals surface area contributed by atoms with Crippen molar-refractivity contribution in [1.82, 2.24) is 20.8 Å². The van der Waals surface area contributed by atoms with Crippen molar-refractivity contribution in [2.45, 2.75) is 59.8 Å². The molecule has 0 saturated carbocycles. The predicted octanol–water partition coefficient (Wildman–Crippen LogP) is 2.27. The van der Waals surface area contributed by atoms with Crippen LogP contribution in [0.15, 0.2) is 35.1 Å². The molecule has 0 fully saturated rings. The van der Waals surface area contributed by atoms with Crippen LogP contribution in [0.3, 0.4) is 0 Å². The van der Waals surface area contributed by atoms with Crippen LogP contribution in [0.1, 0.15) is 46.6 Å². The summed E-state index contributed by atoms with van der Waals surface area (Å²) in [6.45, 7) is 9.67. The summed E-state index contributed by atoms with van der Waals surface area (Å²) in [6, 6.07) is 8.22. The molecule has 10 nitrogen and oxygen atoms in total. The SMILES string of the molecule is CNC(=O)C(NC(=O)C(CC(C)C)C(CONO)OCc1ccc2ccc(=O)n(C)c2c1)C(C)(C)C. The molecule has 0 aliphatic heterocycles. The van der Waals surface area contributed by atoms with E-state index in [4.69, 9.17) is 14.8 Å². The number of carbonyl (C=O) groups excluding carboxylic acids is 2. The molecule has 1 aromatic carbocycles. The summed E-state index contributed by atoms with van der Waals surface area (Å²) in [5, 5.41) is 15.5. The second kappa shape index (κ2) is 13.0. The fourth-order valence-corrected chi connectivity index (χ4v) is 4.11. The monoisotopic (exact) mass is 504 g/mol. The molecule has 0 aliphatic rings. The Morgan fingerprint density at radius 3 is 2.36 bits per heavy atom. The lowest BCUT2D eigenvalue weighted by atomic mass is 9.84. The van der Waals surface area contributed by atoms with E-state index in [9.17, 15) is 14.4 Å². The standard InChI is InChI=1S/C26H40N4O6/c1-16(2)12-19(24(32)28-23(25(33)27-6)26(3,4)5)21(15-36-29-34)35-14-17-8-9-18-10-11-22(31)30(7)20(18)13-17/h8-11,13,16,19,21,23,29,34H,12,14-15H2,1-7H3,(H,27,33)(H,28,32). The molecule has 2 aromatic rings. The first-order valence-electron chi connectivity index (χ1n) is 12.1. The van der Waals surface area contributed by atoms with E-state index in [1.165, 1.54) is 13.1 Å². The van der Waals surface area contributed by atoms with Crippen molar-refractivity contribution in [2.24, 2.45) is 24.3 Å². The van der Waals surface area contributed by atoms with Crippen LogP contribution in [0.4, 0.5) is 0 Å². The van der Waals surface area contributed by atoms with E-state index >= 15 is 0 Å². The smallest absolute Gasteiger partial charge is 0.250 e. The minimum atomic E-state index is -0.746. The van der Waals surface area contributed by atoms with Gasteiger partial charge in [-0.05, 0) is 40.8 Å². The number of likely N-dealkylation sites (N-methyl/N-ethyl adjacent to an activating group) is 1. The van der Waals surface area contributed by atoms with Crippen molar-refractivity contribution in [3.8, 4) is 0 Å². The van der Waals surface area contributed by atoms with Gasteiger partial charge in [0.25, 0.3) is 5.56 Å². The Morgan fingerprint density at radius 1 is 1.11 bits per heavy atom. The second-order valence-corrected chi connectivity index (χ2v) is 10.5. The Kier molecular flexibility index (Phi) is 10.6. The molecular weight excluding hydrogens is 464 g/mol. The number of nitrogens with one attached hydrogen (secondary N) is 3. The number of benzene rings is 1. The van der Waals surface area contributed by atoms with Gasteiger partial charge in [0.2, 0.25) is 11.8 Å². The highest BCUT2D eigenvalue weighted by Crippen LogP contribution is 2.24. The Hall–Kier alpha value is -2.79. The number of carbonyl (C=O) groups is 2. The Morgan fingerprint density at radius 2 is 1.78 bits per heavy atom. The van der Waals surface area contributed by atoms with Crippen molar-refractivity contribution < 1.29 is 24.4 Å². The van der Waals surface area contributed by atoms with Crippen LogP contribution in [0, 0.1) is 17.3 Å². The second-order valence-electron chi connectivity index (χ2n) is 10.5. The zero-order chi connectivity index (χ0) is 27.0. The van der Waals surface area contributed by atoms with E-state index in [0.29, 0.717) is 6.42 Å². The summed E-state index contributed by atoms with van der Waals surface area (Å²) in [7, 11) is 3.24. The summed E-state index contributed by atoms with van der Waals surface area (Å²) in [5.41, 5.74) is 2.61. The van der Waals surface area contributed by atoms with E-state index in [2.05, 4.69) is 10.6 Å². The highest BCUT2D eigenvalue weighted by molar-refractivity contribution is 5.89. The van der Waals surface area contributed by atoms with Crippen molar-refractivity contribution >= 4 is 22.7 Å². The molecule has 3 atom stereocenters. The van der Waals surface area contributed by atoms with Crippen LogP contribution in [0.5, 0.6) is 0 Å². The first-order valence-corrected chi connectivity index (χ1v) is 12.1. The molecule has 2 rings (SSSR count). The maximum Gasteiger partial charge on any atom is 0.250 e. The van der Waals surface area contributed by atoms with Gasteiger partial charge in [-0.1, -0.05) is 52.4 Å². The van der Waals surface area contributed by atoms with E-state index in [1.54, 1.807) is 23.3 Å². The summed E-state index contributed by atoms with van der Waals surface area (Å²) in [6.07, 6.45) is -0.255. The molecule has 1 aromatic heterocycles. The number of aryl methyl sites for hydroxylation is 1. The van der Waals surface area contributed by atoms with E-state index in [-0.39, 0.29) is 36.5 Å². The molecule has 1 heterocycles. The summed E-state index contributed by atoms with van der Waals surface area (Å²) in [4.78, 5) is 43.0. The normalized spacial score (nSPS) is 14.5. The van der Waals surface area contributed by atoms with Crippen molar-refractivity contribution in [1.29, 1.82) is 0 Å². The van der Waals surface area contributed by atoms with Crippen LogP contribution in [0.25, 0.3) is 10.9 Å². The predicted molar refractivity (Wildman–Crippen MR) is 137 cm³/mol. The molecule has 0 spiro atoms. The number of rotatable bonds is 12. The average Bonchev–Trinajstić information content (AvgIpc) is 2.82. The summed E-state index contributed by atoms with van der Waals surface area (Å²) >= 11 is 0. The molecule has 10 heteroatoms. The first-order chi connectivity index (χ1) is 16.9. The fraction of sp³-hybridized carbons (Fsp3) is 0.577. The van der Waals surface area contributed by atoms with Crippen molar-refractivity contribution in [2.75, 3.05) is 13.7 Å². The van der Waals surface area contributed by atoms with Gasteiger partial charge in [0.1, 0.15) is 6.04 Å². The maximum absolute atomic E-state index is 13.5. The number of fused-ring (bicyclic) bond motifs is 1. The van der Waals surface area contributed by atoms with Gasteiger partial charge in [0.15, 0.2) is 0 Å². The number of nitrogens with zero attached hydrogens (tertiary/aromatic N) is 1. The molecule has 200 valence electrons. The van der Waals surface area contributed by atoms with Gasteiger partial charge in [-0.3, -0.25) is 24.4 Å². The number of pyridine rings is 1. The maximum atomic E-state index is 13.5. The lowest BCUT2D eigenvalue weighted by Gasteiger charge is -2.33. The van der Waals surface area contributed by atoms with Crippen LogP contribution in [0.2, 0.25) is 0 Å². The molecular formula is C26H40N4O6. The van der Waals surface area contributed by atoms with Gasteiger partial charge in [-0.25, -0.2) is 0 Å². The third kappa shape index (κ3) is 7.86.